The van der Waals surface area contributed by atoms with Gasteiger partial charge in [-0.05, 0) is 12.8 Å². The standard InChI is InChI=1S/C7H14ClN.ClH/c1-3-5-7(9-8)6-4-2;/h3-6H2,1-2H3;1H. The molecule has 0 unspecified atom stereocenters. The molecule has 0 N–H and O–H groups in total. The minimum absolute atomic E-state index is 0. The summed E-state index contributed by atoms with van der Waals surface area (Å²) >= 11 is 5.31. The number of hydrogen-bond acceptors (Lipinski definition) is 1. The maximum absolute atomic E-state index is 5.31. The lowest BCUT2D eigenvalue weighted by Gasteiger charge is -1.97. The predicted octanol–water partition coefficient (Wildman–Crippen LogP) is 3.60. The first-order valence-corrected chi connectivity index (χ1v) is 3.85. The van der Waals surface area contributed by atoms with Crippen LogP contribution in [-0.4, -0.2) is 5.71 Å². The molecule has 0 atom stereocenters. The highest BCUT2D eigenvalue weighted by Crippen LogP contribution is 2.01. The molecule has 0 aliphatic heterocycles. The van der Waals surface area contributed by atoms with E-state index in [1.165, 1.54) is 0 Å². The SMILES string of the molecule is CCCC(CCC)=NCl.Cl. The summed E-state index contributed by atoms with van der Waals surface area (Å²) in [6.45, 7) is 4.27. The highest BCUT2D eigenvalue weighted by atomic mass is 35.5. The Morgan fingerprint density at radius 3 is 1.80 bits per heavy atom. The van der Waals surface area contributed by atoms with Crippen molar-refractivity contribution in [1.29, 1.82) is 0 Å². The van der Waals surface area contributed by atoms with Crippen LogP contribution in [0.5, 0.6) is 0 Å². The van der Waals surface area contributed by atoms with E-state index in [4.69, 9.17) is 11.8 Å². The quantitative estimate of drug-likeness (QED) is 0.592. The van der Waals surface area contributed by atoms with Gasteiger partial charge in [-0.1, -0.05) is 26.7 Å². The molecule has 62 valence electrons. The van der Waals surface area contributed by atoms with E-state index in [9.17, 15) is 0 Å². The van der Waals surface area contributed by atoms with Gasteiger partial charge in [-0.25, -0.2) is 0 Å². The Kier molecular flexibility index (Phi) is 11.9. The molecular weight excluding hydrogens is 169 g/mol. The second-order valence-electron chi connectivity index (χ2n) is 2.15. The number of rotatable bonds is 4. The van der Waals surface area contributed by atoms with E-state index in [2.05, 4.69) is 18.4 Å². The van der Waals surface area contributed by atoms with E-state index in [1.807, 2.05) is 0 Å². The first-order chi connectivity index (χ1) is 4.35. The van der Waals surface area contributed by atoms with Crippen LogP contribution in [0.25, 0.3) is 0 Å². The monoisotopic (exact) mass is 183 g/mol. The second kappa shape index (κ2) is 9.25. The predicted molar refractivity (Wildman–Crippen MR) is 50.4 cm³/mol. The van der Waals surface area contributed by atoms with Gasteiger partial charge in [-0.3, -0.25) is 0 Å². The van der Waals surface area contributed by atoms with Gasteiger partial charge >= 0.3 is 0 Å². The Labute approximate surface area is 74.4 Å². The van der Waals surface area contributed by atoms with Crippen molar-refractivity contribution in [1.82, 2.24) is 0 Å². The zero-order valence-electron chi connectivity index (χ0n) is 6.56. The molecular formula is C7H15Cl2N. The molecule has 0 aliphatic carbocycles. The fourth-order valence-corrected chi connectivity index (χ4v) is 0.956. The third kappa shape index (κ3) is 6.37. The van der Waals surface area contributed by atoms with Gasteiger partial charge in [0.2, 0.25) is 0 Å². The van der Waals surface area contributed by atoms with Crippen LogP contribution < -0.4 is 0 Å². The summed E-state index contributed by atoms with van der Waals surface area (Å²) in [6.07, 6.45) is 4.39. The Balaban J connectivity index is 0. The highest BCUT2D eigenvalue weighted by Gasteiger charge is 1.93. The fraction of sp³-hybridized carbons (Fsp3) is 0.857. The molecule has 10 heavy (non-hydrogen) atoms. The van der Waals surface area contributed by atoms with Gasteiger partial charge in [0.15, 0.2) is 0 Å². The maximum atomic E-state index is 5.31. The van der Waals surface area contributed by atoms with Crippen molar-refractivity contribution in [3.63, 3.8) is 0 Å². The molecule has 0 amide bonds. The van der Waals surface area contributed by atoms with Crippen LogP contribution >= 0.6 is 24.2 Å². The smallest absolute Gasteiger partial charge is 0.0364 e. The van der Waals surface area contributed by atoms with Crippen LogP contribution in [-0.2, 0) is 0 Å². The molecule has 0 bridgehead atoms. The molecule has 0 fully saturated rings. The van der Waals surface area contributed by atoms with Crippen LogP contribution in [0.1, 0.15) is 39.5 Å². The van der Waals surface area contributed by atoms with Crippen LogP contribution in [0.15, 0.2) is 4.51 Å². The van der Waals surface area contributed by atoms with E-state index >= 15 is 0 Å². The van der Waals surface area contributed by atoms with Gasteiger partial charge < -0.3 is 0 Å². The maximum Gasteiger partial charge on any atom is 0.0364 e. The van der Waals surface area contributed by atoms with E-state index in [1.54, 1.807) is 0 Å². The third-order valence-electron chi connectivity index (χ3n) is 1.20. The number of hydrogen-bond donors (Lipinski definition) is 0. The average Bonchev–Trinajstić information content (AvgIpc) is 1.88. The molecule has 0 aliphatic rings. The lowest BCUT2D eigenvalue weighted by atomic mass is 10.1. The molecule has 1 nitrogen and oxygen atoms in total. The van der Waals surface area contributed by atoms with Crippen molar-refractivity contribution >= 4 is 29.9 Å². The van der Waals surface area contributed by atoms with E-state index < -0.39 is 0 Å². The third-order valence-corrected chi connectivity index (χ3v) is 1.44. The summed E-state index contributed by atoms with van der Waals surface area (Å²) in [5.41, 5.74) is 1.14. The van der Waals surface area contributed by atoms with Crippen LogP contribution in [0.4, 0.5) is 0 Å². The lowest BCUT2D eigenvalue weighted by Crippen LogP contribution is -1.94. The fourth-order valence-electron chi connectivity index (χ4n) is 0.787. The minimum Gasteiger partial charge on any atom is -0.187 e. The topological polar surface area (TPSA) is 12.4 Å². The highest BCUT2D eigenvalue weighted by molar-refractivity contribution is 6.20. The van der Waals surface area contributed by atoms with Gasteiger partial charge in [-0.2, -0.15) is 4.51 Å². The van der Waals surface area contributed by atoms with Crippen molar-refractivity contribution < 1.29 is 0 Å². The molecule has 3 heteroatoms. The lowest BCUT2D eigenvalue weighted by molar-refractivity contribution is 0.918. The molecule has 0 heterocycles. The molecule has 0 rings (SSSR count). The normalized spacial score (nSPS) is 8.30. The Bertz CT molecular complexity index is 83.6. The zero-order chi connectivity index (χ0) is 7.11. The Morgan fingerprint density at radius 1 is 1.20 bits per heavy atom. The molecule has 0 saturated heterocycles. The summed E-state index contributed by atoms with van der Waals surface area (Å²) in [5, 5.41) is 0. The van der Waals surface area contributed by atoms with Gasteiger partial charge in [0, 0.05) is 17.5 Å². The summed E-state index contributed by atoms with van der Waals surface area (Å²) in [4.78, 5) is 0. The number of nitrogens with zero attached hydrogens (tertiary/aromatic N) is 1. The summed E-state index contributed by atoms with van der Waals surface area (Å²) in [5.74, 6) is 0. The van der Waals surface area contributed by atoms with Crippen molar-refractivity contribution in [2.24, 2.45) is 4.51 Å². The Morgan fingerprint density at radius 2 is 1.60 bits per heavy atom. The molecule has 0 aromatic carbocycles. The van der Waals surface area contributed by atoms with Crippen molar-refractivity contribution in [3.8, 4) is 0 Å². The zero-order valence-corrected chi connectivity index (χ0v) is 8.13. The second-order valence-corrected chi connectivity index (χ2v) is 2.32. The van der Waals surface area contributed by atoms with Gasteiger partial charge in [0.1, 0.15) is 0 Å². The van der Waals surface area contributed by atoms with E-state index in [0.29, 0.717) is 0 Å². The number of halogens is 2. The van der Waals surface area contributed by atoms with Crippen molar-refractivity contribution in [2.75, 3.05) is 0 Å². The van der Waals surface area contributed by atoms with Crippen LogP contribution in [0, 0.1) is 0 Å². The molecule has 0 aromatic heterocycles. The molecule has 0 saturated carbocycles. The Hall–Kier alpha value is 0.250. The largest absolute Gasteiger partial charge is 0.187 e. The van der Waals surface area contributed by atoms with Crippen LogP contribution in [0.3, 0.4) is 0 Å². The van der Waals surface area contributed by atoms with Gasteiger partial charge in [0.05, 0.1) is 0 Å². The minimum atomic E-state index is 0. The molecule has 0 radical (unpaired) electrons. The molecule has 0 spiro atoms. The first-order valence-electron chi connectivity index (χ1n) is 3.51. The summed E-state index contributed by atoms with van der Waals surface area (Å²) in [7, 11) is 0. The van der Waals surface area contributed by atoms with Gasteiger partial charge in [-0.15, -0.1) is 12.4 Å². The van der Waals surface area contributed by atoms with Gasteiger partial charge in [0.25, 0.3) is 0 Å². The summed E-state index contributed by atoms with van der Waals surface area (Å²) < 4.78 is 3.66. The van der Waals surface area contributed by atoms with E-state index in [0.717, 1.165) is 31.4 Å². The average molecular weight is 184 g/mol. The van der Waals surface area contributed by atoms with Crippen LogP contribution in [0.2, 0.25) is 0 Å². The first kappa shape index (κ1) is 12.9. The van der Waals surface area contributed by atoms with Crippen molar-refractivity contribution in [2.45, 2.75) is 39.5 Å². The van der Waals surface area contributed by atoms with E-state index in [-0.39, 0.29) is 12.4 Å². The molecule has 0 aromatic rings. The van der Waals surface area contributed by atoms with Crippen molar-refractivity contribution in [3.05, 3.63) is 0 Å². The summed E-state index contributed by atoms with van der Waals surface area (Å²) in [6, 6.07) is 0.